The van der Waals surface area contributed by atoms with Gasteiger partial charge in [0.25, 0.3) is 0 Å². The fourth-order valence-electron chi connectivity index (χ4n) is 8.75. The van der Waals surface area contributed by atoms with Crippen molar-refractivity contribution in [2.45, 2.75) is 5.41 Å². The summed E-state index contributed by atoms with van der Waals surface area (Å²) in [7, 11) is 0. The number of anilines is 3. The van der Waals surface area contributed by atoms with Gasteiger partial charge in [-0.2, -0.15) is 0 Å². The molecule has 8 aromatic carbocycles. The van der Waals surface area contributed by atoms with Crippen LogP contribution in [0.2, 0.25) is 0 Å². The van der Waals surface area contributed by atoms with Crippen LogP contribution in [0.25, 0.3) is 44.2 Å². The van der Waals surface area contributed by atoms with Crippen LogP contribution >= 0.6 is 0 Å². The van der Waals surface area contributed by atoms with Crippen LogP contribution in [0.1, 0.15) is 22.3 Å². The Morgan fingerprint density at radius 2 is 1.00 bits per heavy atom. The third kappa shape index (κ3) is 4.02. The molecule has 0 atom stereocenters. The lowest BCUT2D eigenvalue weighted by atomic mass is 9.66. The summed E-state index contributed by atoms with van der Waals surface area (Å²) in [6.45, 7) is 0. The van der Waals surface area contributed by atoms with Crippen molar-refractivity contribution in [2.24, 2.45) is 0 Å². The molecule has 11 rings (SSSR count). The van der Waals surface area contributed by atoms with Gasteiger partial charge in [-0.05, 0) is 81.9 Å². The van der Waals surface area contributed by atoms with Crippen molar-refractivity contribution in [1.29, 1.82) is 0 Å². The minimum atomic E-state index is -0.568. The highest BCUT2D eigenvalue weighted by atomic mass is 16.5. The van der Waals surface area contributed by atoms with Crippen LogP contribution in [0.4, 0.5) is 17.1 Å². The van der Waals surface area contributed by atoms with E-state index in [2.05, 4.69) is 187 Å². The van der Waals surface area contributed by atoms with Crippen LogP contribution in [0.5, 0.6) is 11.5 Å². The van der Waals surface area contributed by atoms with E-state index in [9.17, 15) is 0 Å². The molecule has 9 aromatic rings. The molecular formula is C49H31NO2. The van der Waals surface area contributed by atoms with E-state index >= 15 is 0 Å². The zero-order valence-electron chi connectivity index (χ0n) is 28.2. The van der Waals surface area contributed by atoms with E-state index < -0.39 is 5.41 Å². The van der Waals surface area contributed by atoms with E-state index in [1.807, 2.05) is 6.07 Å². The van der Waals surface area contributed by atoms with E-state index in [-0.39, 0.29) is 0 Å². The summed E-state index contributed by atoms with van der Waals surface area (Å²) in [5.41, 5.74) is 13.9. The molecule has 3 nitrogen and oxygen atoms in total. The first-order valence-electron chi connectivity index (χ1n) is 17.8. The van der Waals surface area contributed by atoms with Gasteiger partial charge >= 0.3 is 0 Å². The Balaban J connectivity index is 1.19. The zero-order valence-corrected chi connectivity index (χ0v) is 28.2. The van der Waals surface area contributed by atoms with Crippen LogP contribution in [0.15, 0.2) is 192 Å². The van der Waals surface area contributed by atoms with Gasteiger partial charge in [0.15, 0.2) is 5.58 Å². The molecule has 244 valence electrons. The van der Waals surface area contributed by atoms with Gasteiger partial charge in [-0.15, -0.1) is 0 Å². The quantitative estimate of drug-likeness (QED) is 0.187. The van der Waals surface area contributed by atoms with Gasteiger partial charge in [0, 0.05) is 33.3 Å². The summed E-state index contributed by atoms with van der Waals surface area (Å²) in [5, 5.41) is 2.20. The molecular weight excluding hydrogens is 635 g/mol. The second-order valence-corrected chi connectivity index (χ2v) is 13.6. The van der Waals surface area contributed by atoms with Crippen LogP contribution in [0, 0.1) is 0 Å². The lowest BCUT2D eigenvalue weighted by molar-refractivity contribution is 0.436. The Kier molecular flexibility index (Phi) is 6.17. The van der Waals surface area contributed by atoms with Crippen molar-refractivity contribution in [3.63, 3.8) is 0 Å². The standard InChI is InChI=1S/C49H31NO2/c1-2-13-32(14-3-1)33-25-27-34(28-26-33)50(44-21-12-17-39-38-16-5-9-22-45(38)52-48(39)44)35-29-30-37-36-15-4-6-18-40(36)49(43(37)31-35)41-19-7-10-23-46(41)51-47-24-11-8-20-42(47)49/h1-31H. The molecule has 0 fully saturated rings. The van der Waals surface area contributed by atoms with E-state index in [4.69, 9.17) is 9.15 Å². The Morgan fingerprint density at radius 3 is 1.79 bits per heavy atom. The van der Waals surface area contributed by atoms with Gasteiger partial charge in [-0.1, -0.05) is 140 Å². The topological polar surface area (TPSA) is 25.6 Å². The second kappa shape index (κ2) is 11.1. The van der Waals surface area contributed by atoms with Crippen molar-refractivity contribution >= 4 is 39.0 Å². The minimum Gasteiger partial charge on any atom is -0.457 e. The molecule has 1 spiro atoms. The lowest BCUT2D eigenvalue weighted by Gasteiger charge is -2.39. The molecule has 0 amide bonds. The number of furan rings is 1. The molecule has 1 aromatic heterocycles. The molecule has 52 heavy (non-hydrogen) atoms. The normalized spacial score (nSPS) is 13.3. The smallest absolute Gasteiger partial charge is 0.159 e. The lowest BCUT2D eigenvalue weighted by Crippen LogP contribution is -2.32. The summed E-state index contributed by atoms with van der Waals surface area (Å²) in [6.07, 6.45) is 0. The van der Waals surface area contributed by atoms with E-state index in [0.29, 0.717) is 0 Å². The van der Waals surface area contributed by atoms with E-state index in [1.54, 1.807) is 0 Å². The van der Waals surface area contributed by atoms with Gasteiger partial charge in [0.2, 0.25) is 0 Å². The maximum atomic E-state index is 6.69. The summed E-state index contributed by atoms with van der Waals surface area (Å²) >= 11 is 0. The van der Waals surface area contributed by atoms with Crippen molar-refractivity contribution in [3.05, 3.63) is 210 Å². The highest BCUT2D eigenvalue weighted by Crippen LogP contribution is 2.62. The summed E-state index contributed by atoms with van der Waals surface area (Å²) in [5.74, 6) is 1.77. The average molecular weight is 666 g/mol. The van der Waals surface area contributed by atoms with Gasteiger partial charge in [-0.3, -0.25) is 0 Å². The number of ether oxygens (including phenoxy) is 1. The molecule has 2 heterocycles. The van der Waals surface area contributed by atoms with Crippen molar-refractivity contribution in [3.8, 4) is 33.8 Å². The predicted molar refractivity (Wildman–Crippen MR) is 211 cm³/mol. The van der Waals surface area contributed by atoms with E-state index in [0.717, 1.165) is 61.6 Å². The highest BCUT2D eigenvalue weighted by Gasteiger charge is 2.51. The third-order valence-electron chi connectivity index (χ3n) is 10.9. The van der Waals surface area contributed by atoms with Gasteiger partial charge in [0.05, 0.1) is 11.1 Å². The molecule has 1 aliphatic heterocycles. The Labute approximate surface area is 301 Å². The third-order valence-corrected chi connectivity index (χ3v) is 10.9. The maximum Gasteiger partial charge on any atom is 0.159 e. The molecule has 3 heteroatoms. The van der Waals surface area contributed by atoms with Crippen molar-refractivity contribution < 1.29 is 9.15 Å². The monoisotopic (exact) mass is 665 g/mol. The molecule has 0 saturated carbocycles. The number of para-hydroxylation sites is 4. The molecule has 2 aliphatic rings. The number of nitrogens with zero attached hydrogens (tertiary/aromatic N) is 1. The molecule has 0 saturated heterocycles. The fraction of sp³-hybridized carbons (Fsp3) is 0.0204. The first-order chi connectivity index (χ1) is 25.8. The van der Waals surface area contributed by atoms with Crippen molar-refractivity contribution in [2.75, 3.05) is 4.90 Å². The summed E-state index contributed by atoms with van der Waals surface area (Å²) in [4.78, 5) is 2.35. The molecule has 0 N–H and O–H groups in total. The number of fused-ring (bicyclic) bond motifs is 12. The SMILES string of the molecule is c1ccc(-c2ccc(N(c3ccc4c(c3)C3(c5ccccc5Oc5ccccc53)c3ccccc3-4)c3cccc4c3oc3ccccc34)cc2)cc1. The van der Waals surface area contributed by atoms with E-state index in [1.165, 1.54) is 33.4 Å². The van der Waals surface area contributed by atoms with Gasteiger partial charge < -0.3 is 14.1 Å². The number of hydrogen-bond donors (Lipinski definition) is 0. The first-order valence-corrected chi connectivity index (χ1v) is 17.8. The van der Waals surface area contributed by atoms with Gasteiger partial charge in [-0.25, -0.2) is 0 Å². The largest absolute Gasteiger partial charge is 0.457 e. The zero-order chi connectivity index (χ0) is 34.2. The minimum absolute atomic E-state index is 0.568. The van der Waals surface area contributed by atoms with Crippen molar-refractivity contribution in [1.82, 2.24) is 0 Å². The summed E-state index contributed by atoms with van der Waals surface area (Å²) in [6, 6.07) is 67.1. The average Bonchev–Trinajstić information content (AvgIpc) is 3.73. The molecule has 1 aliphatic carbocycles. The number of hydrogen-bond acceptors (Lipinski definition) is 3. The second-order valence-electron chi connectivity index (χ2n) is 13.6. The highest BCUT2D eigenvalue weighted by molar-refractivity contribution is 6.10. The van der Waals surface area contributed by atoms with Crippen LogP contribution in [-0.4, -0.2) is 0 Å². The Bertz CT molecular complexity index is 2790. The maximum absolute atomic E-state index is 6.69. The fourth-order valence-corrected chi connectivity index (χ4v) is 8.75. The predicted octanol–water partition coefficient (Wildman–Crippen LogP) is 13.2. The number of benzene rings is 8. The van der Waals surface area contributed by atoms with Crippen LogP contribution < -0.4 is 9.64 Å². The number of rotatable bonds is 4. The molecule has 0 unspecified atom stereocenters. The Morgan fingerprint density at radius 1 is 0.404 bits per heavy atom. The Hall–Kier alpha value is -6.84. The van der Waals surface area contributed by atoms with Crippen LogP contribution in [0.3, 0.4) is 0 Å². The molecule has 0 radical (unpaired) electrons. The molecule has 0 bridgehead atoms. The van der Waals surface area contributed by atoms with Crippen LogP contribution in [-0.2, 0) is 5.41 Å². The first kappa shape index (κ1) is 28.9. The summed E-state index contributed by atoms with van der Waals surface area (Å²) < 4.78 is 13.3. The van der Waals surface area contributed by atoms with Gasteiger partial charge in [0.1, 0.15) is 17.1 Å².